The van der Waals surface area contributed by atoms with Gasteiger partial charge < -0.3 is 15.6 Å². The predicted molar refractivity (Wildman–Crippen MR) is 67.1 cm³/mol. The lowest BCUT2D eigenvalue weighted by molar-refractivity contribution is -0.144. The molecule has 1 aliphatic heterocycles. The molecule has 5 heteroatoms. The lowest BCUT2D eigenvalue weighted by Crippen LogP contribution is -2.48. The van der Waals surface area contributed by atoms with Crippen molar-refractivity contribution in [2.45, 2.75) is 25.3 Å². The van der Waals surface area contributed by atoms with Crippen molar-refractivity contribution in [3.63, 3.8) is 0 Å². The van der Waals surface area contributed by atoms with Crippen molar-refractivity contribution in [3.8, 4) is 5.75 Å². The van der Waals surface area contributed by atoms with Crippen molar-refractivity contribution in [1.29, 1.82) is 0 Å². The second-order valence-corrected chi connectivity index (χ2v) is 5.04. The van der Waals surface area contributed by atoms with E-state index in [9.17, 15) is 9.90 Å². The highest BCUT2D eigenvalue weighted by atomic mass is 79.9. The number of aryl methyl sites for hydroxylation is 1. The van der Waals surface area contributed by atoms with E-state index in [-0.39, 0.29) is 6.42 Å². The van der Waals surface area contributed by atoms with Gasteiger partial charge in [-0.25, -0.2) is 4.79 Å². The number of aliphatic carboxylic acids is 1. The van der Waals surface area contributed by atoms with Crippen LogP contribution in [-0.4, -0.2) is 17.7 Å². The molecule has 0 amide bonds. The lowest BCUT2D eigenvalue weighted by atomic mass is 9.84. The third-order valence-corrected chi connectivity index (χ3v) is 3.71. The molecule has 0 bridgehead atoms. The number of hydrogen-bond acceptors (Lipinski definition) is 3. The van der Waals surface area contributed by atoms with Crippen LogP contribution in [0, 0.1) is 0 Å². The van der Waals surface area contributed by atoms with Gasteiger partial charge in [0.2, 0.25) is 0 Å². The number of carboxylic acid groups (broad SMARTS) is 1. The fourth-order valence-electron chi connectivity index (χ4n) is 2.00. The molecule has 0 fully saturated rings. The molecule has 1 aromatic rings. The summed E-state index contributed by atoms with van der Waals surface area (Å²) in [5, 5.41) is 9.30. The molecule has 0 aliphatic carbocycles. The largest absolute Gasteiger partial charge is 0.492 e. The Morgan fingerprint density at radius 1 is 1.65 bits per heavy atom. The van der Waals surface area contributed by atoms with Crippen molar-refractivity contribution in [2.75, 3.05) is 6.61 Å². The number of ether oxygens (including phenoxy) is 1. The Morgan fingerprint density at radius 3 is 2.94 bits per heavy atom. The topological polar surface area (TPSA) is 72.6 Å². The molecule has 1 heterocycles. The van der Waals surface area contributed by atoms with E-state index in [1.165, 1.54) is 0 Å². The van der Waals surface area contributed by atoms with Gasteiger partial charge in [0.05, 0.1) is 11.1 Å². The number of carboxylic acids is 1. The van der Waals surface area contributed by atoms with Gasteiger partial charge in [-0.1, -0.05) is 6.92 Å². The van der Waals surface area contributed by atoms with Crippen LogP contribution < -0.4 is 10.5 Å². The zero-order valence-corrected chi connectivity index (χ0v) is 11.1. The van der Waals surface area contributed by atoms with Crippen molar-refractivity contribution >= 4 is 21.9 Å². The van der Waals surface area contributed by atoms with Crippen LogP contribution in [0.5, 0.6) is 5.75 Å². The van der Waals surface area contributed by atoms with Gasteiger partial charge in [-0.3, -0.25) is 0 Å². The first-order chi connectivity index (χ1) is 7.99. The smallest absolute Gasteiger partial charge is 0.328 e. The van der Waals surface area contributed by atoms with E-state index in [2.05, 4.69) is 15.9 Å². The summed E-state index contributed by atoms with van der Waals surface area (Å²) in [6.45, 7) is 2.33. The zero-order valence-electron chi connectivity index (χ0n) is 9.50. The number of rotatable bonds is 2. The Hall–Kier alpha value is -1.07. The minimum Gasteiger partial charge on any atom is -0.492 e. The lowest BCUT2D eigenvalue weighted by Gasteiger charge is -2.32. The summed E-state index contributed by atoms with van der Waals surface area (Å²) in [5.41, 5.74) is 6.26. The van der Waals surface area contributed by atoms with Crippen molar-refractivity contribution < 1.29 is 14.6 Å². The Morgan fingerprint density at radius 2 is 2.35 bits per heavy atom. The van der Waals surface area contributed by atoms with Crippen LogP contribution in [-0.2, 0) is 16.8 Å². The van der Waals surface area contributed by atoms with Crippen LogP contribution in [0.4, 0.5) is 0 Å². The Labute approximate surface area is 108 Å². The molecule has 0 aromatic heterocycles. The molecule has 1 atom stereocenters. The molecule has 4 nitrogen and oxygen atoms in total. The van der Waals surface area contributed by atoms with Crippen LogP contribution in [0.3, 0.4) is 0 Å². The number of carbonyl (C=O) groups is 1. The summed E-state index contributed by atoms with van der Waals surface area (Å²) in [5.74, 6) is -0.458. The van der Waals surface area contributed by atoms with E-state index in [4.69, 9.17) is 10.5 Å². The molecule has 1 unspecified atom stereocenters. The van der Waals surface area contributed by atoms with E-state index in [0.717, 1.165) is 16.5 Å². The Kier molecular flexibility index (Phi) is 3.14. The first-order valence-electron chi connectivity index (χ1n) is 5.47. The standard InChI is InChI=1S/C12H14BrNO3/c1-2-7-5-8-10(9(13)6-7)17-4-3-12(8,14)11(15)16/h5-6H,2-4,14H2,1H3,(H,15,16). The first-order valence-corrected chi connectivity index (χ1v) is 6.26. The van der Waals surface area contributed by atoms with E-state index >= 15 is 0 Å². The maximum atomic E-state index is 11.4. The molecular weight excluding hydrogens is 286 g/mol. The predicted octanol–water partition coefficient (Wildman–Crippen LogP) is 2.03. The maximum Gasteiger partial charge on any atom is 0.328 e. The Balaban J connectivity index is 2.64. The summed E-state index contributed by atoms with van der Waals surface area (Å²) in [7, 11) is 0. The normalized spacial score (nSPS) is 22.8. The molecular formula is C12H14BrNO3. The van der Waals surface area contributed by atoms with Gasteiger partial charge in [0.25, 0.3) is 0 Å². The summed E-state index contributed by atoms with van der Waals surface area (Å²) in [6, 6.07) is 3.76. The van der Waals surface area contributed by atoms with E-state index in [1.54, 1.807) is 0 Å². The number of halogens is 1. The van der Waals surface area contributed by atoms with Gasteiger partial charge in [0.15, 0.2) is 0 Å². The van der Waals surface area contributed by atoms with Crippen molar-refractivity contribution in [3.05, 3.63) is 27.7 Å². The molecule has 17 heavy (non-hydrogen) atoms. The fraction of sp³-hybridized carbons (Fsp3) is 0.417. The van der Waals surface area contributed by atoms with E-state index in [1.807, 2.05) is 19.1 Å². The van der Waals surface area contributed by atoms with E-state index < -0.39 is 11.5 Å². The molecule has 0 spiro atoms. The minimum atomic E-state index is -1.35. The van der Waals surface area contributed by atoms with Crippen LogP contribution in [0.15, 0.2) is 16.6 Å². The second kappa shape index (κ2) is 4.31. The molecule has 1 aromatic carbocycles. The molecule has 92 valence electrons. The highest BCUT2D eigenvalue weighted by Gasteiger charge is 2.42. The zero-order chi connectivity index (χ0) is 12.6. The highest BCUT2D eigenvalue weighted by molar-refractivity contribution is 9.10. The molecule has 2 rings (SSSR count). The number of hydrogen-bond donors (Lipinski definition) is 2. The van der Waals surface area contributed by atoms with Gasteiger partial charge in [0, 0.05) is 12.0 Å². The first kappa shape index (κ1) is 12.4. The third kappa shape index (κ3) is 1.93. The molecule has 0 saturated heterocycles. The minimum absolute atomic E-state index is 0.287. The van der Waals surface area contributed by atoms with Crippen LogP contribution in [0.25, 0.3) is 0 Å². The Bertz CT molecular complexity index is 475. The van der Waals surface area contributed by atoms with Gasteiger partial charge in [-0.05, 0) is 40.0 Å². The van der Waals surface area contributed by atoms with Crippen LogP contribution in [0.1, 0.15) is 24.5 Å². The van der Waals surface area contributed by atoms with Gasteiger partial charge in [0.1, 0.15) is 11.3 Å². The molecule has 0 radical (unpaired) electrons. The summed E-state index contributed by atoms with van der Waals surface area (Å²) < 4.78 is 6.28. The molecule has 0 saturated carbocycles. The second-order valence-electron chi connectivity index (χ2n) is 4.18. The quantitative estimate of drug-likeness (QED) is 0.876. The monoisotopic (exact) mass is 299 g/mol. The SMILES string of the molecule is CCc1cc(Br)c2c(c1)C(N)(C(=O)O)CCO2. The third-order valence-electron chi connectivity index (χ3n) is 3.12. The average molecular weight is 300 g/mol. The van der Waals surface area contributed by atoms with Gasteiger partial charge in [-0.15, -0.1) is 0 Å². The van der Waals surface area contributed by atoms with E-state index in [0.29, 0.717) is 17.9 Å². The number of benzene rings is 1. The van der Waals surface area contributed by atoms with Crippen molar-refractivity contribution in [1.82, 2.24) is 0 Å². The van der Waals surface area contributed by atoms with Gasteiger partial charge in [-0.2, -0.15) is 0 Å². The summed E-state index contributed by atoms with van der Waals surface area (Å²) in [4.78, 5) is 11.4. The summed E-state index contributed by atoms with van der Waals surface area (Å²) >= 11 is 3.40. The molecule has 1 aliphatic rings. The summed E-state index contributed by atoms with van der Waals surface area (Å²) in [6.07, 6.45) is 1.11. The van der Waals surface area contributed by atoms with Crippen LogP contribution in [0.2, 0.25) is 0 Å². The highest BCUT2D eigenvalue weighted by Crippen LogP contribution is 2.41. The van der Waals surface area contributed by atoms with Crippen molar-refractivity contribution in [2.24, 2.45) is 5.73 Å². The number of fused-ring (bicyclic) bond motifs is 1. The fourth-order valence-corrected chi connectivity index (χ4v) is 2.62. The maximum absolute atomic E-state index is 11.4. The number of nitrogens with two attached hydrogens (primary N) is 1. The van der Waals surface area contributed by atoms with Gasteiger partial charge >= 0.3 is 5.97 Å². The average Bonchev–Trinajstić information content (AvgIpc) is 2.30. The van der Waals surface area contributed by atoms with Crippen LogP contribution >= 0.6 is 15.9 Å². The molecule has 3 N–H and O–H groups in total.